The fourth-order valence-corrected chi connectivity index (χ4v) is 2.85. The second kappa shape index (κ2) is 6.58. The van der Waals surface area contributed by atoms with Crippen LogP contribution in [-0.4, -0.2) is 34.3 Å². The van der Waals surface area contributed by atoms with Crippen LogP contribution in [0.5, 0.6) is 0 Å². The van der Waals surface area contributed by atoms with Gasteiger partial charge in [0.2, 0.25) is 17.6 Å². The van der Waals surface area contributed by atoms with Crippen molar-refractivity contribution in [2.75, 3.05) is 13.2 Å². The Morgan fingerprint density at radius 3 is 3.05 bits per heavy atom. The summed E-state index contributed by atoms with van der Waals surface area (Å²) in [5, 5.41) is 18.0. The first-order chi connectivity index (χ1) is 10.7. The van der Waals surface area contributed by atoms with E-state index >= 15 is 0 Å². The summed E-state index contributed by atoms with van der Waals surface area (Å²) in [6.07, 6.45) is 3.69. The summed E-state index contributed by atoms with van der Waals surface area (Å²) in [5.74, 6) is 1.18. The van der Waals surface area contributed by atoms with Crippen molar-refractivity contribution >= 4 is 17.2 Å². The van der Waals surface area contributed by atoms with Gasteiger partial charge in [0.15, 0.2) is 0 Å². The van der Waals surface area contributed by atoms with Gasteiger partial charge in [0, 0.05) is 24.8 Å². The van der Waals surface area contributed by atoms with Gasteiger partial charge in [0.05, 0.1) is 11.5 Å². The van der Waals surface area contributed by atoms with Gasteiger partial charge in [0.25, 0.3) is 0 Å². The maximum Gasteiger partial charge on any atom is 0.226 e. The van der Waals surface area contributed by atoms with Gasteiger partial charge in [-0.3, -0.25) is 4.79 Å². The number of aryl methyl sites for hydroxylation is 1. The molecule has 0 aliphatic heterocycles. The monoisotopic (exact) mass is 321 g/mol. The summed E-state index contributed by atoms with van der Waals surface area (Å²) in [7, 11) is 0. The Hall–Kier alpha value is -1.73. The Morgan fingerprint density at radius 1 is 1.50 bits per heavy atom. The van der Waals surface area contributed by atoms with Crippen molar-refractivity contribution in [2.24, 2.45) is 5.41 Å². The molecule has 0 aromatic carbocycles. The largest absolute Gasteiger partial charge is 0.396 e. The van der Waals surface area contributed by atoms with Crippen LogP contribution in [0.3, 0.4) is 0 Å². The minimum atomic E-state index is -0.0439. The van der Waals surface area contributed by atoms with E-state index in [-0.39, 0.29) is 17.9 Å². The Balaban J connectivity index is 1.39. The number of hydrogen-bond acceptors (Lipinski definition) is 6. The molecule has 118 valence electrons. The molecule has 3 rings (SSSR count). The fourth-order valence-electron chi connectivity index (χ4n) is 2.20. The molecule has 7 heteroatoms. The Labute approximate surface area is 132 Å². The number of nitrogens with one attached hydrogen (secondary N) is 1. The molecule has 1 aliphatic rings. The smallest absolute Gasteiger partial charge is 0.226 e. The first-order valence-electron chi connectivity index (χ1n) is 7.45. The number of carbonyl (C=O) groups is 1. The third kappa shape index (κ3) is 3.72. The molecule has 1 aliphatic carbocycles. The van der Waals surface area contributed by atoms with Crippen molar-refractivity contribution in [1.82, 2.24) is 15.5 Å². The number of amides is 1. The highest BCUT2D eigenvalue weighted by Gasteiger charge is 2.41. The third-order valence-electron chi connectivity index (χ3n) is 3.96. The topological polar surface area (TPSA) is 88.2 Å². The van der Waals surface area contributed by atoms with Crippen molar-refractivity contribution in [3.05, 3.63) is 23.4 Å². The van der Waals surface area contributed by atoms with Crippen LogP contribution < -0.4 is 5.32 Å². The molecular weight excluding hydrogens is 302 g/mol. The van der Waals surface area contributed by atoms with Crippen molar-refractivity contribution < 1.29 is 14.4 Å². The van der Waals surface area contributed by atoms with E-state index in [0.717, 1.165) is 17.7 Å². The molecular formula is C15H19N3O3S. The minimum absolute atomic E-state index is 0.0118. The van der Waals surface area contributed by atoms with Crippen molar-refractivity contribution in [3.8, 4) is 10.7 Å². The molecule has 0 bridgehead atoms. The van der Waals surface area contributed by atoms with E-state index in [1.807, 2.05) is 17.5 Å². The van der Waals surface area contributed by atoms with Gasteiger partial charge >= 0.3 is 0 Å². The van der Waals surface area contributed by atoms with E-state index in [1.165, 1.54) is 0 Å². The van der Waals surface area contributed by atoms with Gasteiger partial charge in [-0.05, 0) is 30.7 Å². The second-order valence-corrected chi connectivity index (χ2v) is 6.73. The first kappa shape index (κ1) is 15.2. The summed E-state index contributed by atoms with van der Waals surface area (Å²) >= 11 is 1.57. The normalized spacial score (nSPS) is 15.7. The molecule has 2 aromatic rings. The molecule has 0 unspecified atom stereocenters. The van der Waals surface area contributed by atoms with Crippen LogP contribution in [0.1, 0.15) is 31.6 Å². The van der Waals surface area contributed by atoms with Crippen molar-refractivity contribution in [3.63, 3.8) is 0 Å². The third-order valence-corrected chi connectivity index (χ3v) is 4.82. The van der Waals surface area contributed by atoms with Crippen LogP contribution in [0.2, 0.25) is 0 Å². The maximum atomic E-state index is 11.8. The molecule has 0 spiro atoms. The average molecular weight is 321 g/mol. The van der Waals surface area contributed by atoms with Gasteiger partial charge in [-0.25, -0.2) is 0 Å². The van der Waals surface area contributed by atoms with Gasteiger partial charge in [0.1, 0.15) is 0 Å². The summed E-state index contributed by atoms with van der Waals surface area (Å²) in [6.45, 7) is 0.728. The first-order valence-corrected chi connectivity index (χ1v) is 8.33. The molecule has 2 N–H and O–H groups in total. The predicted molar refractivity (Wildman–Crippen MR) is 82.3 cm³/mol. The number of aliphatic hydroxyl groups excluding tert-OH is 1. The highest BCUT2D eigenvalue weighted by atomic mass is 32.1. The van der Waals surface area contributed by atoms with Crippen LogP contribution in [0.15, 0.2) is 22.0 Å². The number of nitrogens with zero attached hydrogens (tertiary/aromatic N) is 2. The summed E-state index contributed by atoms with van der Waals surface area (Å²) in [6, 6.07) is 3.89. The number of aromatic nitrogens is 2. The predicted octanol–water partition coefficient (Wildman–Crippen LogP) is 2.01. The van der Waals surface area contributed by atoms with E-state index in [4.69, 9.17) is 4.52 Å². The molecule has 22 heavy (non-hydrogen) atoms. The van der Waals surface area contributed by atoms with Crippen LogP contribution in [0.25, 0.3) is 10.7 Å². The van der Waals surface area contributed by atoms with Crippen LogP contribution in [-0.2, 0) is 11.2 Å². The molecule has 0 radical (unpaired) electrons. The number of aliphatic hydroxyl groups is 1. The van der Waals surface area contributed by atoms with Gasteiger partial charge < -0.3 is 14.9 Å². The number of rotatable bonds is 8. The zero-order chi connectivity index (χ0) is 15.4. The highest BCUT2D eigenvalue weighted by molar-refractivity contribution is 7.13. The second-order valence-electron chi connectivity index (χ2n) is 5.78. The minimum Gasteiger partial charge on any atom is -0.396 e. The highest BCUT2D eigenvalue weighted by Crippen LogP contribution is 2.44. The Bertz CT molecular complexity index is 620. The Morgan fingerprint density at radius 2 is 2.36 bits per heavy atom. The molecule has 2 aromatic heterocycles. The molecule has 1 amide bonds. The van der Waals surface area contributed by atoms with E-state index in [1.54, 1.807) is 11.3 Å². The summed E-state index contributed by atoms with van der Waals surface area (Å²) < 4.78 is 5.19. The summed E-state index contributed by atoms with van der Waals surface area (Å²) in [4.78, 5) is 17.1. The zero-order valence-electron chi connectivity index (χ0n) is 12.2. The molecule has 1 fully saturated rings. The van der Waals surface area contributed by atoms with E-state index in [2.05, 4.69) is 15.5 Å². The van der Waals surface area contributed by atoms with E-state index in [0.29, 0.717) is 37.5 Å². The lowest BCUT2D eigenvalue weighted by molar-refractivity contribution is -0.121. The summed E-state index contributed by atoms with van der Waals surface area (Å²) in [5.41, 5.74) is -0.0439. The van der Waals surface area contributed by atoms with Crippen LogP contribution in [0.4, 0.5) is 0 Å². The molecule has 0 saturated heterocycles. The average Bonchev–Trinajstić information content (AvgIpc) is 2.93. The van der Waals surface area contributed by atoms with Crippen LogP contribution >= 0.6 is 11.3 Å². The molecule has 2 heterocycles. The SMILES string of the molecule is O=C(CCCc1nc(-c2cccs2)no1)NCC1(CO)CC1. The number of hydrogen-bond donors (Lipinski definition) is 2. The molecule has 0 atom stereocenters. The van der Waals surface area contributed by atoms with Crippen LogP contribution in [0, 0.1) is 5.41 Å². The lowest BCUT2D eigenvalue weighted by atomic mass is 10.1. The quantitative estimate of drug-likeness (QED) is 0.776. The van der Waals surface area contributed by atoms with E-state index in [9.17, 15) is 9.90 Å². The fraction of sp³-hybridized carbons (Fsp3) is 0.533. The lowest BCUT2D eigenvalue weighted by Gasteiger charge is -2.12. The Kier molecular flexibility index (Phi) is 4.54. The maximum absolute atomic E-state index is 11.8. The van der Waals surface area contributed by atoms with Gasteiger partial charge in [-0.1, -0.05) is 11.2 Å². The van der Waals surface area contributed by atoms with E-state index < -0.39 is 0 Å². The lowest BCUT2D eigenvalue weighted by Crippen LogP contribution is -2.31. The van der Waals surface area contributed by atoms with Gasteiger partial charge in [-0.15, -0.1) is 11.3 Å². The van der Waals surface area contributed by atoms with Gasteiger partial charge in [-0.2, -0.15) is 4.98 Å². The molecule has 1 saturated carbocycles. The molecule has 6 nitrogen and oxygen atoms in total. The standard InChI is InChI=1S/C15H19N3O3S/c19-10-15(6-7-15)9-16-12(20)4-1-5-13-17-14(18-21-13)11-3-2-8-22-11/h2-3,8,19H,1,4-7,9-10H2,(H,16,20). The number of thiophene rings is 1. The zero-order valence-corrected chi connectivity index (χ0v) is 13.1. The number of carbonyl (C=O) groups excluding carboxylic acids is 1. The van der Waals surface area contributed by atoms with Crippen molar-refractivity contribution in [2.45, 2.75) is 32.1 Å². The van der Waals surface area contributed by atoms with Crippen molar-refractivity contribution in [1.29, 1.82) is 0 Å².